The number of hydrogen-bond donors (Lipinski definition) is 4. The molecule has 0 saturated carbocycles. The molecule has 2 fully saturated rings. The summed E-state index contributed by atoms with van der Waals surface area (Å²) in [5.41, 5.74) is -0.694. The summed E-state index contributed by atoms with van der Waals surface area (Å²) in [6.07, 6.45) is -1.73. The fourth-order valence-corrected chi connectivity index (χ4v) is 4.16. The number of carbonyl (C=O) groups is 1. The van der Waals surface area contributed by atoms with Crippen molar-refractivity contribution in [2.75, 3.05) is 27.0 Å². The van der Waals surface area contributed by atoms with E-state index >= 15 is 0 Å². The van der Waals surface area contributed by atoms with E-state index in [1.54, 1.807) is 13.2 Å². The van der Waals surface area contributed by atoms with Gasteiger partial charge in [0.1, 0.15) is 29.9 Å². The van der Waals surface area contributed by atoms with Gasteiger partial charge in [-0.05, 0) is 39.6 Å². The summed E-state index contributed by atoms with van der Waals surface area (Å²) in [4.78, 5) is 14.7. The zero-order valence-electron chi connectivity index (χ0n) is 15.2. The molecular formula is C16H30N2O6S. The number of aliphatic hydroxyl groups excluding tert-OH is 3. The topological polar surface area (TPSA) is 111 Å². The van der Waals surface area contributed by atoms with Crippen LogP contribution in [0.15, 0.2) is 0 Å². The fourth-order valence-electron chi connectivity index (χ4n) is 3.48. The molecule has 2 saturated heterocycles. The van der Waals surface area contributed by atoms with Gasteiger partial charge in [-0.15, -0.1) is 11.8 Å². The van der Waals surface area contributed by atoms with Crippen molar-refractivity contribution < 1.29 is 29.6 Å². The average Bonchev–Trinajstić information content (AvgIpc) is 3.03. The molecule has 0 spiro atoms. The molecule has 2 aliphatic heterocycles. The smallest absolute Gasteiger partial charge is 0.237 e. The molecule has 0 aromatic rings. The number of carbonyl (C=O) groups excluding carboxylic acids is 1. The summed E-state index contributed by atoms with van der Waals surface area (Å²) in [7, 11) is 3.42. The highest BCUT2D eigenvalue weighted by molar-refractivity contribution is 7.99. The van der Waals surface area contributed by atoms with Crippen LogP contribution in [-0.4, -0.2) is 101 Å². The molecule has 1 amide bonds. The average molecular weight is 378 g/mol. The van der Waals surface area contributed by atoms with Crippen LogP contribution in [0.5, 0.6) is 0 Å². The SMILES string of the molecule is CO[C@H](C)[C@H](NC(=O)[C@H]1CCCN1C)[C@@H]1O[C@H](SC)[C@@H](O)[C@H](O)[C@H]1O. The van der Waals surface area contributed by atoms with E-state index < -0.39 is 42.0 Å². The van der Waals surface area contributed by atoms with Crippen LogP contribution >= 0.6 is 11.8 Å². The van der Waals surface area contributed by atoms with Crippen LogP contribution < -0.4 is 5.32 Å². The Bertz CT molecular complexity index is 454. The van der Waals surface area contributed by atoms with E-state index in [0.717, 1.165) is 19.4 Å². The van der Waals surface area contributed by atoms with Crippen molar-refractivity contribution in [2.45, 2.75) is 67.8 Å². The number of methoxy groups -OCH3 is 1. The Balaban J connectivity index is 2.16. The maximum atomic E-state index is 12.7. The quantitative estimate of drug-likeness (QED) is 0.455. The minimum atomic E-state index is -1.35. The Kier molecular flexibility index (Phi) is 7.51. The van der Waals surface area contributed by atoms with Crippen molar-refractivity contribution in [2.24, 2.45) is 0 Å². The number of nitrogens with zero attached hydrogens (tertiary/aromatic N) is 1. The van der Waals surface area contributed by atoms with Crippen LogP contribution in [0, 0.1) is 0 Å². The van der Waals surface area contributed by atoms with Crippen molar-refractivity contribution in [1.29, 1.82) is 0 Å². The lowest BCUT2D eigenvalue weighted by atomic mass is 9.92. The van der Waals surface area contributed by atoms with Crippen LogP contribution in [0.4, 0.5) is 0 Å². The summed E-state index contributed by atoms with van der Waals surface area (Å²) in [5, 5.41) is 33.5. The first-order valence-corrected chi connectivity index (χ1v) is 9.86. The molecule has 0 aromatic heterocycles. The molecule has 4 N–H and O–H groups in total. The van der Waals surface area contributed by atoms with Gasteiger partial charge in [0.25, 0.3) is 0 Å². The summed E-state index contributed by atoms with van der Waals surface area (Å²) < 4.78 is 11.2. The Morgan fingerprint density at radius 2 is 2.00 bits per heavy atom. The largest absolute Gasteiger partial charge is 0.388 e. The molecule has 25 heavy (non-hydrogen) atoms. The summed E-state index contributed by atoms with van der Waals surface area (Å²) >= 11 is 1.24. The van der Waals surface area contributed by atoms with Gasteiger partial charge in [-0.1, -0.05) is 0 Å². The number of rotatable bonds is 6. The predicted octanol–water partition coefficient (Wildman–Crippen LogP) is -1.23. The Labute approximate surface area is 152 Å². The highest BCUT2D eigenvalue weighted by Gasteiger charge is 2.48. The Morgan fingerprint density at radius 3 is 2.52 bits per heavy atom. The van der Waals surface area contributed by atoms with Crippen molar-refractivity contribution in [3.05, 3.63) is 0 Å². The molecule has 9 heteroatoms. The highest BCUT2D eigenvalue weighted by Crippen LogP contribution is 2.30. The van der Waals surface area contributed by atoms with Gasteiger partial charge in [-0.3, -0.25) is 9.69 Å². The van der Waals surface area contributed by atoms with E-state index in [4.69, 9.17) is 9.47 Å². The molecule has 0 aliphatic carbocycles. The fraction of sp³-hybridized carbons (Fsp3) is 0.938. The minimum Gasteiger partial charge on any atom is -0.388 e. The van der Waals surface area contributed by atoms with Gasteiger partial charge in [0.15, 0.2) is 0 Å². The first-order valence-electron chi connectivity index (χ1n) is 8.57. The second-order valence-corrected chi connectivity index (χ2v) is 7.73. The minimum absolute atomic E-state index is 0.147. The molecule has 0 unspecified atom stereocenters. The second kappa shape index (κ2) is 8.98. The van der Waals surface area contributed by atoms with E-state index in [9.17, 15) is 20.1 Å². The molecule has 8 nitrogen and oxygen atoms in total. The molecule has 146 valence electrons. The van der Waals surface area contributed by atoms with Gasteiger partial charge in [0, 0.05) is 7.11 Å². The lowest BCUT2D eigenvalue weighted by Crippen LogP contribution is -2.65. The molecule has 0 bridgehead atoms. The third kappa shape index (κ3) is 4.47. The number of aliphatic hydroxyl groups is 3. The standard InChI is InChI=1S/C16H30N2O6S/c1-8(23-3)10(17-15(22)9-6-5-7-18(9)2)14-12(20)11(19)13(21)16(24-14)25-4/h8-14,16,19-21H,5-7H2,1-4H3,(H,17,22)/t8-,9-,10+,11-,12-,13+,14+,16-/m1/s1. The molecule has 8 atom stereocenters. The molecule has 2 aliphatic rings. The number of likely N-dealkylation sites (N-methyl/N-ethyl adjacent to an activating group) is 1. The van der Waals surface area contributed by atoms with E-state index in [-0.39, 0.29) is 11.9 Å². The third-order valence-electron chi connectivity index (χ3n) is 5.20. The Morgan fingerprint density at radius 1 is 1.32 bits per heavy atom. The van der Waals surface area contributed by atoms with Crippen molar-refractivity contribution in [3.63, 3.8) is 0 Å². The van der Waals surface area contributed by atoms with Crippen molar-refractivity contribution >= 4 is 17.7 Å². The highest BCUT2D eigenvalue weighted by atomic mass is 32.2. The molecular weight excluding hydrogens is 348 g/mol. The summed E-state index contributed by atoms with van der Waals surface area (Å²) in [6.45, 7) is 2.63. The van der Waals surface area contributed by atoms with Crippen LogP contribution in [0.2, 0.25) is 0 Å². The van der Waals surface area contributed by atoms with E-state index in [0.29, 0.717) is 0 Å². The van der Waals surface area contributed by atoms with E-state index in [1.807, 2.05) is 11.9 Å². The first-order chi connectivity index (χ1) is 11.8. The van der Waals surface area contributed by atoms with Gasteiger partial charge in [-0.2, -0.15) is 0 Å². The van der Waals surface area contributed by atoms with Gasteiger partial charge in [-0.25, -0.2) is 0 Å². The van der Waals surface area contributed by atoms with Gasteiger partial charge in [0.2, 0.25) is 5.91 Å². The number of thioether (sulfide) groups is 1. The number of likely N-dealkylation sites (tertiary alicyclic amines) is 1. The number of hydrogen-bond acceptors (Lipinski definition) is 8. The van der Waals surface area contributed by atoms with Crippen LogP contribution in [0.1, 0.15) is 19.8 Å². The normalized spacial score (nSPS) is 39.2. The monoisotopic (exact) mass is 378 g/mol. The maximum Gasteiger partial charge on any atom is 0.237 e. The first kappa shape index (κ1) is 20.9. The van der Waals surface area contributed by atoms with Gasteiger partial charge >= 0.3 is 0 Å². The zero-order chi connectivity index (χ0) is 18.7. The zero-order valence-corrected chi connectivity index (χ0v) is 16.0. The maximum absolute atomic E-state index is 12.7. The van der Waals surface area contributed by atoms with Crippen molar-refractivity contribution in [1.82, 2.24) is 10.2 Å². The third-order valence-corrected chi connectivity index (χ3v) is 6.06. The lowest BCUT2D eigenvalue weighted by molar-refractivity contribution is -0.212. The summed E-state index contributed by atoms with van der Waals surface area (Å²) in [5.74, 6) is -0.147. The van der Waals surface area contributed by atoms with Crippen LogP contribution in [-0.2, 0) is 14.3 Å². The molecule has 0 aromatic carbocycles. The van der Waals surface area contributed by atoms with Crippen LogP contribution in [0.25, 0.3) is 0 Å². The summed E-state index contributed by atoms with van der Waals surface area (Å²) in [6, 6.07) is -0.877. The van der Waals surface area contributed by atoms with Crippen molar-refractivity contribution in [3.8, 4) is 0 Å². The number of nitrogens with one attached hydrogen (secondary N) is 1. The molecule has 2 heterocycles. The van der Waals surface area contributed by atoms with Crippen LogP contribution in [0.3, 0.4) is 0 Å². The van der Waals surface area contributed by atoms with Gasteiger partial charge in [0.05, 0.1) is 18.2 Å². The number of ether oxygens (including phenoxy) is 2. The second-order valence-electron chi connectivity index (χ2n) is 6.79. The van der Waals surface area contributed by atoms with E-state index in [2.05, 4.69) is 5.32 Å². The molecule has 2 rings (SSSR count). The van der Waals surface area contributed by atoms with E-state index in [1.165, 1.54) is 18.9 Å². The Hall–Kier alpha value is -0.420. The molecule has 0 radical (unpaired) electrons. The predicted molar refractivity (Wildman–Crippen MR) is 94.3 cm³/mol. The number of amides is 1. The van der Waals surface area contributed by atoms with Gasteiger partial charge < -0.3 is 30.1 Å². The lowest BCUT2D eigenvalue weighted by Gasteiger charge is -2.44.